The van der Waals surface area contributed by atoms with E-state index in [-0.39, 0.29) is 23.8 Å². The van der Waals surface area contributed by atoms with Crippen molar-refractivity contribution in [1.29, 1.82) is 0 Å². The largest absolute Gasteiger partial charge is 0.480 e. The van der Waals surface area contributed by atoms with E-state index in [4.69, 9.17) is 0 Å². The number of carbonyl (C=O) groups excluding carboxylic acids is 2. The van der Waals surface area contributed by atoms with Crippen molar-refractivity contribution < 1.29 is 19.5 Å². The SMILES string of the molecule is CC(C)C(NC(=O)C1(c2ccccc2)CCN(C(=O)C2Cc3ccccc3CN2)CC1)C(=O)O. The van der Waals surface area contributed by atoms with Crippen LogP contribution in [0.4, 0.5) is 0 Å². The third-order valence-electron chi connectivity index (χ3n) is 7.29. The summed E-state index contributed by atoms with van der Waals surface area (Å²) in [5.41, 5.74) is 2.41. The summed E-state index contributed by atoms with van der Waals surface area (Å²) in [5.74, 6) is -1.50. The monoisotopic (exact) mass is 463 g/mol. The molecule has 0 bridgehead atoms. The van der Waals surface area contributed by atoms with E-state index >= 15 is 0 Å². The molecule has 2 aliphatic rings. The number of benzene rings is 2. The molecule has 2 heterocycles. The van der Waals surface area contributed by atoms with Gasteiger partial charge in [-0.25, -0.2) is 4.79 Å². The van der Waals surface area contributed by atoms with Crippen molar-refractivity contribution in [2.45, 2.75) is 57.2 Å². The second kappa shape index (κ2) is 9.97. The molecule has 0 aliphatic carbocycles. The molecule has 2 aliphatic heterocycles. The normalized spacial score (nSPS) is 20.3. The van der Waals surface area contributed by atoms with Gasteiger partial charge in [-0.3, -0.25) is 9.59 Å². The molecular weight excluding hydrogens is 430 g/mol. The number of nitrogens with one attached hydrogen (secondary N) is 2. The lowest BCUT2D eigenvalue weighted by atomic mass is 9.71. The van der Waals surface area contributed by atoms with Crippen LogP contribution in [0.5, 0.6) is 0 Å². The first-order valence-corrected chi connectivity index (χ1v) is 12.0. The van der Waals surface area contributed by atoms with E-state index in [0.29, 0.717) is 38.9 Å². The molecule has 1 fully saturated rings. The van der Waals surface area contributed by atoms with Gasteiger partial charge in [0.1, 0.15) is 6.04 Å². The fraction of sp³-hybridized carbons (Fsp3) is 0.444. The maximum atomic E-state index is 13.6. The number of hydrogen-bond acceptors (Lipinski definition) is 4. The number of carboxylic acid groups (broad SMARTS) is 1. The zero-order valence-electron chi connectivity index (χ0n) is 19.8. The van der Waals surface area contributed by atoms with E-state index in [1.807, 2.05) is 47.4 Å². The number of likely N-dealkylation sites (tertiary alicyclic amines) is 1. The summed E-state index contributed by atoms with van der Waals surface area (Å²) in [7, 11) is 0. The molecule has 34 heavy (non-hydrogen) atoms. The molecule has 2 amide bonds. The highest BCUT2D eigenvalue weighted by molar-refractivity contribution is 5.92. The Morgan fingerprint density at radius 3 is 2.24 bits per heavy atom. The topological polar surface area (TPSA) is 98.7 Å². The number of fused-ring (bicyclic) bond motifs is 1. The van der Waals surface area contributed by atoms with Crippen LogP contribution in [0.1, 0.15) is 43.4 Å². The van der Waals surface area contributed by atoms with Crippen molar-refractivity contribution in [1.82, 2.24) is 15.5 Å². The Hall–Kier alpha value is -3.19. The van der Waals surface area contributed by atoms with Crippen LogP contribution >= 0.6 is 0 Å². The Balaban J connectivity index is 1.50. The van der Waals surface area contributed by atoms with E-state index in [1.165, 1.54) is 11.1 Å². The maximum absolute atomic E-state index is 13.6. The molecule has 4 rings (SSSR count). The number of carbonyl (C=O) groups is 3. The van der Waals surface area contributed by atoms with Crippen molar-refractivity contribution in [3.63, 3.8) is 0 Å². The van der Waals surface area contributed by atoms with Gasteiger partial charge >= 0.3 is 5.97 Å². The van der Waals surface area contributed by atoms with Gasteiger partial charge in [0.2, 0.25) is 11.8 Å². The van der Waals surface area contributed by atoms with Crippen LogP contribution in [-0.2, 0) is 32.8 Å². The van der Waals surface area contributed by atoms with E-state index in [9.17, 15) is 19.5 Å². The summed E-state index contributed by atoms with van der Waals surface area (Å²) < 4.78 is 0. The average molecular weight is 464 g/mol. The van der Waals surface area contributed by atoms with E-state index in [1.54, 1.807) is 13.8 Å². The quantitative estimate of drug-likeness (QED) is 0.611. The molecule has 2 unspecified atom stereocenters. The molecule has 3 N–H and O–H groups in total. The second-order valence-corrected chi connectivity index (χ2v) is 9.71. The number of hydrogen-bond donors (Lipinski definition) is 3. The number of carboxylic acids is 1. The molecule has 0 radical (unpaired) electrons. The molecule has 7 heteroatoms. The van der Waals surface area contributed by atoms with Gasteiger partial charge in [0.25, 0.3) is 0 Å². The van der Waals surface area contributed by atoms with Gasteiger partial charge in [-0.05, 0) is 41.9 Å². The van der Waals surface area contributed by atoms with Gasteiger partial charge in [0.05, 0.1) is 11.5 Å². The predicted molar refractivity (Wildman–Crippen MR) is 129 cm³/mol. The van der Waals surface area contributed by atoms with Crippen LogP contribution in [0.2, 0.25) is 0 Å². The highest BCUT2D eigenvalue weighted by Gasteiger charge is 2.45. The van der Waals surface area contributed by atoms with Crippen molar-refractivity contribution in [2.24, 2.45) is 5.92 Å². The predicted octanol–water partition coefficient (Wildman–Crippen LogP) is 2.49. The standard InChI is InChI=1S/C27H33N3O4/c1-18(2)23(25(32)33)29-26(34)27(21-10-4-3-5-11-21)12-14-30(15-13-27)24(31)22-16-19-8-6-7-9-20(19)17-28-22/h3-11,18,22-23,28H,12-17H2,1-2H3,(H,29,34)(H,32,33). The second-order valence-electron chi connectivity index (χ2n) is 9.71. The number of piperidine rings is 1. The number of nitrogens with zero attached hydrogens (tertiary/aromatic N) is 1. The van der Waals surface area contributed by atoms with Crippen molar-refractivity contribution in [3.05, 3.63) is 71.3 Å². The average Bonchev–Trinajstić information content (AvgIpc) is 2.86. The van der Waals surface area contributed by atoms with E-state index in [2.05, 4.69) is 22.8 Å². The smallest absolute Gasteiger partial charge is 0.326 e. The van der Waals surface area contributed by atoms with Gasteiger partial charge in [-0.1, -0.05) is 68.4 Å². The summed E-state index contributed by atoms with van der Waals surface area (Å²) in [5, 5.41) is 15.8. The fourth-order valence-corrected chi connectivity index (χ4v) is 5.16. The zero-order chi connectivity index (χ0) is 24.3. The van der Waals surface area contributed by atoms with Crippen LogP contribution in [0.25, 0.3) is 0 Å². The molecule has 2 atom stereocenters. The fourth-order valence-electron chi connectivity index (χ4n) is 5.16. The Labute approximate surface area is 200 Å². The molecule has 7 nitrogen and oxygen atoms in total. The minimum absolute atomic E-state index is 0.0576. The van der Waals surface area contributed by atoms with Gasteiger partial charge in [0.15, 0.2) is 0 Å². The van der Waals surface area contributed by atoms with Crippen molar-refractivity contribution in [3.8, 4) is 0 Å². The van der Waals surface area contributed by atoms with Gasteiger partial charge in [0, 0.05) is 19.6 Å². The number of aliphatic carboxylic acids is 1. The zero-order valence-corrected chi connectivity index (χ0v) is 19.8. The Kier molecular flexibility index (Phi) is 7.03. The summed E-state index contributed by atoms with van der Waals surface area (Å²) in [6, 6.07) is 16.5. The van der Waals surface area contributed by atoms with Crippen LogP contribution in [-0.4, -0.2) is 53.0 Å². The molecule has 1 saturated heterocycles. The molecular formula is C27H33N3O4. The molecule has 2 aromatic carbocycles. The number of rotatable bonds is 6. The molecule has 2 aromatic rings. The van der Waals surface area contributed by atoms with Crippen molar-refractivity contribution in [2.75, 3.05) is 13.1 Å². The molecule has 0 saturated carbocycles. The highest BCUT2D eigenvalue weighted by Crippen LogP contribution is 2.36. The lowest BCUT2D eigenvalue weighted by Gasteiger charge is -2.43. The first-order chi connectivity index (χ1) is 16.3. The molecule has 0 aromatic heterocycles. The van der Waals surface area contributed by atoms with Crippen LogP contribution in [0.15, 0.2) is 54.6 Å². The molecule has 180 valence electrons. The Morgan fingerprint density at radius 1 is 1.00 bits per heavy atom. The van der Waals surface area contributed by atoms with Crippen LogP contribution in [0.3, 0.4) is 0 Å². The van der Waals surface area contributed by atoms with E-state index in [0.717, 1.165) is 5.56 Å². The van der Waals surface area contributed by atoms with Crippen LogP contribution < -0.4 is 10.6 Å². The number of amides is 2. The van der Waals surface area contributed by atoms with Gasteiger partial charge in [-0.2, -0.15) is 0 Å². The Morgan fingerprint density at radius 2 is 1.62 bits per heavy atom. The first-order valence-electron chi connectivity index (χ1n) is 12.0. The Bertz CT molecular complexity index is 1040. The molecule has 0 spiro atoms. The maximum Gasteiger partial charge on any atom is 0.326 e. The summed E-state index contributed by atoms with van der Waals surface area (Å²) in [6.45, 7) is 5.12. The summed E-state index contributed by atoms with van der Waals surface area (Å²) in [6.07, 6.45) is 1.55. The van der Waals surface area contributed by atoms with Crippen LogP contribution in [0, 0.1) is 5.92 Å². The highest BCUT2D eigenvalue weighted by atomic mass is 16.4. The lowest BCUT2D eigenvalue weighted by Crippen LogP contribution is -2.58. The minimum atomic E-state index is -1.04. The lowest BCUT2D eigenvalue weighted by molar-refractivity contribution is -0.145. The minimum Gasteiger partial charge on any atom is -0.480 e. The van der Waals surface area contributed by atoms with Crippen molar-refractivity contribution >= 4 is 17.8 Å². The van der Waals surface area contributed by atoms with E-state index < -0.39 is 17.4 Å². The summed E-state index contributed by atoms with van der Waals surface area (Å²) >= 11 is 0. The first kappa shape index (κ1) is 24.0. The van der Waals surface area contributed by atoms with Gasteiger partial charge < -0.3 is 20.6 Å². The van der Waals surface area contributed by atoms with Gasteiger partial charge in [-0.15, -0.1) is 0 Å². The third-order valence-corrected chi connectivity index (χ3v) is 7.29. The summed E-state index contributed by atoms with van der Waals surface area (Å²) in [4.78, 5) is 40.5. The third kappa shape index (κ3) is 4.71.